The Bertz CT molecular complexity index is 931. The van der Waals surface area contributed by atoms with Gasteiger partial charge >= 0.3 is 0 Å². The zero-order chi connectivity index (χ0) is 22.2. The number of anilines is 1. The highest BCUT2D eigenvalue weighted by Crippen LogP contribution is 2.22. The molecule has 0 unspecified atom stereocenters. The maximum absolute atomic E-state index is 13.0. The zero-order valence-electron chi connectivity index (χ0n) is 18.4. The smallest absolute Gasteiger partial charge is 0.282 e. The minimum atomic E-state index is -3.55. The van der Waals surface area contributed by atoms with Gasteiger partial charge in [0, 0.05) is 63.5 Å². The maximum atomic E-state index is 13.0. The number of nitrogens with zero attached hydrogens (tertiary/aromatic N) is 5. The quantitative estimate of drug-likeness (QED) is 0.693. The standard InChI is InChI=1S/C21H31N5O4S/c1-16-8-9-26(22-16)20-6-4-19(5-7-20)21(27)23-10-12-24(13-11-23)31(28,29)25-14-17(2)30-18(3)15-25/h4-7,17-18H,8-15H2,1-3H3/t17-,18-/m0/s1. The van der Waals surface area contributed by atoms with Crippen molar-refractivity contribution in [2.45, 2.75) is 39.4 Å². The van der Waals surface area contributed by atoms with Gasteiger partial charge in [0.25, 0.3) is 16.1 Å². The van der Waals surface area contributed by atoms with Gasteiger partial charge in [0.05, 0.1) is 17.9 Å². The Labute approximate surface area is 184 Å². The number of hydrazone groups is 1. The first-order valence-corrected chi connectivity index (χ1v) is 12.3. The number of piperazine rings is 1. The molecule has 3 aliphatic heterocycles. The molecule has 0 bridgehead atoms. The summed E-state index contributed by atoms with van der Waals surface area (Å²) < 4.78 is 34.7. The molecule has 0 radical (unpaired) electrons. The topological polar surface area (TPSA) is 85.8 Å². The van der Waals surface area contributed by atoms with Crippen molar-refractivity contribution in [1.82, 2.24) is 13.5 Å². The predicted molar refractivity (Wildman–Crippen MR) is 119 cm³/mol. The van der Waals surface area contributed by atoms with Crippen LogP contribution in [0.3, 0.4) is 0 Å². The molecule has 0 N–H and O–H groups in total. The van der Waals surface area contributed by atoms with Gasteiger partial charge in [0.1, 0.15) is 0 Å². The summed E-state index contributed by atoms with van der Waals surface area (Å²) in [4.78, 5) is 14.6. The third kappa shape index (κ3) is 4.77. The lowest BCUT2D eigenvalue weighted by molar-refractivity contribution is -0.0457. The third-order valence-electron chi connectivity index (χ3n) is 5.95. The van der Waals surface area contributed by atoms with Crippen LogP contribution in [0.4, 0.5) is 5.69 Å². The highest BCUT2D eigenvalue weighted by Gasteiger charge is 2.37. The molecule has 2 fully saturated rings. The Balaban J connectivity index is 1.35. The first-order valence-electron chi connectivity index (χ1n) is 10.9. The molecule has 0 spiro atoms. The monoisotopic (exact) mass is 449 g/mol. The van der Waals surface area contributed by atoms with Crippen molar-refractivity contribution >= 4 is 27.5 Å². The normalized spacial score (nSPS) is 26.2. The van der Waals surface area contributed by atoms with E-state index in [-0.39, 0.29) is 18.1 Å². The van der Waals surface area contributed by atoms with E-state index in [1.165, 1.54) is 8.61 Å². The zero-order valence-corrected chi connectivity index (χ0v) is 19.2. The van der Waals surface area contributed by atoms with Crippen molar-refractivity contribution < 1.29 is 17.9 Å². The molecule has 170 valence electrons. The Morgan fingerprint density at radius 2 is 1.58 bits per heavy atom. The summed E-state index contributed by atoms with van der Waals surface area (Å²) in [6, 6.07) is 7.47. The molecule has 1 aromatic rings. The second kappa shape index (κ2) is 8.85. The Kier molecular flexibility index (Phi) is 6.34. The SMILES string of the molecule is CC1=NN(c2ccc(C(=O)N3CCN(S(=O)(=O)N4C[C@H](C)O[C@@H](C)C4)CC3)cc2)CC1. The van der Waals surface area contributed by atoms with Crippen LogP contribution in [0.15, 0.2) is 29.4 Å². The van der Waals surface area contributed by atoms with Crippen LogP contribution >= 0.6 is 0 Å². The number of hydrogen-bond acceptors (Lipinski definition) is 6. The number of ether oxygens (including phenoxy) is 1. The molecule has 0 aliphatic carbocycles. The number of amides is 1. The van der Waals surface area contributed by atoms with Crippen molar-refractivity contribution in [3.63, 3.8) is 0 Å². The molecule has 2 saturated heterocycles. The van der Waals surface area contributed by atoms with Gasteiger partial charge in [-0.05, 0) is 45.0 Å². The molecule has 1 amide bonds. The first-order chi connectivity index (χ1) is 14.7. The van der Waals surface area contributed by atoms with Gasteiger partial charge in [-0.1, -0.05) is 0 Å². The van der Waals surface area contributed by atoms with Crippen molar-refractivity contribution in [2.24, 2.45) is 5.10 Å². The van der Waals surface area contributed by atoms with Crippen LogP contribution < -0.4 is 5.01 Å². The Hall–Kier alpha value is -2.01. The van der Waals surface area contributed by atoms with Crippen molar-refractivity contribution in [3.05, 3.63) is 29.8 Å². The molecule has 31 heavy (non-hydrogen) atoms. The Morgan fingerprint density at radius 1 is 0.968 bits per heavy atom. The number of benzene rings is 1. The van der Waals surface area contributed by atoms with Gasteiger partial charge in [-0.2, -0.15) is 22.1 Å². The van der Waals surface area contributed by atoms with E-state index in [4.69, 9.17) is 4.74 Å². The minimum Gasteiger partial charge on any atom is -0.373 e. The lowest BCUT2D eigenvalue weighted by Gasteiger charge is -2.40. The molecular formula is C21H31N5O4S. The summed E-state index contributed by atoms with van der Waals surface area (Å²) in [6.07, 6.45) is 0.704. The van der Waals surface area contributed by atoms with Crippen LogP contribution in [0.25, 0.3) is 0 Å². The summed E-state index contributed by atoms with van der Waals surface area (Å²) >= 11 is 0. The number of morpholine rings is 1. The van der Waals surface area contributed by atoms with Crippen LogP contribution in [-0.4, -0.2) is 91.6 Å². The minimum absolute atomic E-state index is 0.0710. The number of carbonyl (C=O) groups excluding carboxylic acids is 1. The van der Waals surface area contributed by atoms with E-state index >= 15 is 0 Å². The van der Waals surface area contributed by atoms with E-state index in [9.17, 15) is 13.2 Å². The molecule has 10 heteroatoms. The molecule has 3 heterocycles. The van der Waals surface area contributed by atoms with Gasteiger partial charge in [-0.25, -0.2) is 0 Å². The van der Waals surface area contributed by atoms with Crippen LogP contribution in [0, 0.1) is 0 Å². The second-order valence-corrected chi connectivity index (χ2v) is 10.5. The summed E-state index contributed by atoms with van der Waals surface area (Å²) in [5.74, 6) is -0.0710. The van der Waals surface area contributed by atoms with E-state index in [2.05, 4.69) is 5.10 Å². The predicted octanol–water partition coefficient (Wildman–Crippen LogP) is 1.38. The molecule has 9 nitrogen and oxygen atoms in total. The van der Waals surface area contributed by atoms with E-state index < -0.39 is 10.2 Å². The van der Waals surface area contributed by atoms with Gasteiger partial charge in [0.15, 0.2) is 0 Å². The number of rotatable bonds is 4. The van der Waals surface area contributed by atoms with Gasteiger partial charge < -0.3 is 9.64 Å². The molecule has 4 rings (SSSR count). The molecule has 3 aliphatic rings. The fourth-order valence-corrected chi connectivity index (χ4v) is 6.07. The van der Waals surface area contributed by atoms with Crippen molar-refractivity contribution in [3.8, 4) is 0 Å². The molecule has 1 aromatic carbocycles. The van der Waals surface area contributed by atoms with Crippen LogP contribution in [0.1, 0.15) is 37.6 Å². The summed E-state index contributed by atoms with van der Waals surface area (Å²) in [7, 11) is -3.55. The molecule has 0 saturated carbocycles. The largest absolute Gasteiger partial charge is 0.373 e. The average Bonchev–Trinajstić information content (AvgIpc) is 3.19. The third-order valence-corrected chi connectivity index (χ3v) is 7.92. The Morgan fingerprint density at radius 3 is 2.13 bits per heavy atom. The molecule has 0 aromatic heterocycles. The lowest BCUT2D eigenvalue weighted by Crippen LogP contribution is -2.57. The van der Waals surface area contributed by atoms with Crippen molar-refractivity contribution in [2.75, 3.05) is 50.8 Å². The van der Waals surface area contributed by atoms with Crippen molar-refractivity contribution in [1.29, 1.82) is 0 Å². The average molecular weight is 450 g/mol. The second-order valence-electron chi connectivity index (χ2n) is 8.53. The number of carbonyl (C=O) groups is 1. The van der Waals surface area contributed by atoms with Crippen LogP contribution in [0.2, 0.25) is 0 Å². The first kappa shape index (κ1) is 22.2. The molecular weight excluding hydrogens is 418 g/mol. The van der Waals surface area contributed by atoms with E-state index in [0.717, 1.165) is 24.4 Å². The summed E-state index contributed by atoms with van der Waals surface area (Å²) in [6.45, 7) is 8.72. The lowest BCUT2D eigenvalue weighted by atomic mass is 10.1. The number of hydrogen-bond donors (Lipinski definition) is 0. The fraction of sp³-hybridized carbons (Fsp3) is 0.619. The van der Waals surface area contributed by atoms with Crippen LogP contribution in [0.5, 0.6) is 0 Å². The van der Waals surface area contributed by atoms with E-state index in [0.29, 0.717) is 44.8 Å². The molecule has 2 atom stereocenters. The van der Waals surface area contributed by atoms with E-state index in [1.54, 1.807) is 4.90 Å². The van der Waals surface area contributed by atoms with E-state index in [1.807, 2.05) is 50.0 Å². The summed E-state index contributed by atoms with van der Waals surface area (Å²) in [5.41, 5.74) is 2.68. The maximum Gasteiger partial charge on any atom is 0.282 e. The summed E-state index contributed by atoms with van der Waals surface area (Å²) in [5, 5.41) is 6.43. The van der Waals surface area contributed by atoms with Crippen LogP contribution in [-0.2, 0) is 14.9 Å². The van der Waals surface area contributed by atoms with Gasteiger partial charge in [-0.15, -0.1) is 0 Å². The highest BCUT2D eigenvalue weighted by molar-refractivity contribution is 7.86. The van der Waals surface area contributed by atoms with Gasteiger partial charge in [0.2, 0.25) is 0 Å². The highest BCUT2D eigenvalue weighted by atomic mass is 32.2. The van der Waals surface area contributed by atoms with Gasteiger partial charge in [-0.3, -0.25) is 9.80 Å². The fourth-order valence-electron chi connectivity index (χ4n) is 4.32.